The Morgan fingerprint density at radius 1 is 1.61 bits per heavy atom. The maximum absolute atomic E-state index is 11.3. The van der Waals surface area contributed by atoms with E-state index in [-0.39, 0.29) is 11.9 Å². The number of hydrogen-bond acceptors (Lipinski definition) is 6. The second kappa shape index (κ2) is 5.48. The highest BCUT2D eigenvalue weighted by atomic mass is 16.5. The van der Waals surface area contributed by atoms with Crippen molar-refractivity contribution in [1.82, 2.24) is 15.0 Å². The number of aromatic nitrogens is 2. The van der Waals surface area contributed by atoms with Gasteiger partial charge in [-0.25, -0.2) is 0 Å². The van der Waals surface area contributed by atoms with Crippen LogP contribution in [-0.4, -0.2) is 41.7 Å². The molecule has 100 valence electrons. The number of ether oxygens (including phenoxy) is 1. The SMILES string of the molecule is COC(=O)C(C)CN(C)Cc1nc(C2CC2)no1. The first kappa shape index (κ1) is 13.0. The van der Waals surface area contributed by atoms with Crippen LogP contribution in [0.25, 0.3) is 0 Å². The zero-order valence-electron chi connectivity index (χ0n) is 11.0. The second-order valence-electron chi connectivity index (χ2n) is 4.94. The average Bonchev–Trinajstić information content (AvgIpc) is 3.09. The van der Waals surface area contributed by atoms with Crippen molar-refractivity contribution in [3.63, 3.8) is 0 Å². The molecule has 0 spiro atoms. The van der Waals surface area contributed by atoms with Gasteiger partial charge in [-0.2, -0.15) is 4.98 Å². The summed E-state index contributed by atoms with van der Waals surface area (Å²) in [5.41, 5.74) is 0. The summed E-state index contributed by atoms with van der Waals surface area (Å²) in [4.78, 5) is 17.6. The van der Waals surface area contributed by atoms with E-state index < -0.39 is 0 Å². The average molecular weight is 253 g/mol. The standard InChI is InChI=1S/C12H19N3O3/c1-8(12(16)17-3)6-15(2)7-10-13-11(14-18-10)9-4-5-9/h8-9H,4-7H2,1-3H3. The molecule has 1 unspecified atom stereocenters. The molecule has 0 aromatic carbocycles. The minimum atomic E-state index is -0.203. The molecule has 0 saturated heterocycles. The van der Waals surface area contributed by atoms with E-state index in [1.165, 1.54) is 7.11 Å². The van der Waals surface area contributed by atoms with Crippen LogP contribution in [0.5, 0.6) is 0 Å². The van der Waals surface area contributed by atoms with E-state index in [0.29, 0.717) is 24.9 Å². The minimum Gasteiger partial charge on any atom is -0.469 e. The van der Waals surface area contributed by atoms with Gasteiger partial charge in [0, 0.05) is 12.5 Å². The van der Waals surface area contributed by atoms with Crippen molar-refractivity contribution >= 4 is 5.97 Å². The molecular formula is C12H19N3O3. The van der Waals surface area contributed by atoms with Crippen LogP contribution in [0.3, 0.4) is 0 Å². The van der Waals surface area contributed by atoms with Crippen molar-refractivity contribution in [3.8, 4) is 0 Å². The molecule has 0 N–H and O–H groups in total. The Morgan fingerprint density at radius 2 is 2.33 bits per heavy atom. The zero-order valence-corrected chi connectivity index (χ0v) is 11.0. The maximum Gasteiger partial charge on any atom is 0.309 e. The van der Waals surface area contributed by atoms with Gasteiger partial charge in [0.1, 0.15) is 0 Å². The van der Waals surface area contributed by atoms with Crippen LogP contribution < -0.4 is 0 Å². The van der Waals surface area contributed by atoms with Gasteiger partial charge in [0.15, 0.2) is 5.82 Å². The Morgan fingerprint density at radius 3 is 2.94 bits per heavy atom. The van der Waals surface area contributed by atoms with E-state index in [2.05, 4.69) is 14.9 Å². The Balaban J connectivity index is 1.82. The van der Waals surface area contributed by atoms with E-state index in [9.17, 15) is 4.79 Å². The van der Waals surface area contributed by atoms with Crippen molar-refractivity contribution in [2.24, 2.45) is 5.92 Å². The largest absolute Gasteiger partial charge is 0.469 e. The molecule has 2 rings (SSSR count). The molecule has 0 bridgehead atoms. The molecule has 0 radical (unpaired) electrons. The number of hydrogen-bond donors (Lipinski definition) is 0. The Bertz CT molecular complexity index is 414. The highest BCUT2D eigenvalue weighted by molar-refractivity contribution is 5.71. The van der Waals surface area contributed by atoms with Crippen LogP contribution in [0.1, 0.15) is 37.4 Å². The monoisotopic (exact) mass is 253 g/mol. The third kappa shape index (κ3) is 3.29. The van der Waals surface area contributed by atoms with Crippen molar-refractivity contribution in [2.45, 2.75) is 32.2 Å². The van der Waals surface area contributed by atoms with Gasteiger partial charge in [-0.1, -0.05) is 12.1 Å². The molecule has 1 atom stereocenters. The van der Waals surface area contributed by atoms with Crippen LogP contribution in [0.4, 0.5) is 0 Å². The second-order valence-corrected chi connectivity index (χ2v) is 4.94. The molecule has 1 aromatic heterocycles. The molecule has 1 fully saturated rings. The molecule has 0 aliphatic heterocycles. The van der Waals surface area contributed by atoms with Gasteiger partial charge in [-0.05, 0) is 19.9 Å². The van der Waals surface area contributed by atoms with Crippen molar-refractivity contribution < 1.29 is 14.1 Å². The predicted molar refractivity (Wildman–Crippen MR) is 63.8 cm³/mol. The number of nitrogens with zero attached hydrogens (tertiary/aromatic N) is 3. The van der Waals surface area contributed by atoms with Crippen LogP contribution in [0.2, 0.25) is 0 Å². The summed E-state index contributed by atoms with van der Waals surface area (Å²) in [5, 5.41) is 3.96. The molecule has 1 saturated carbocycles. The fourth-order valence-corrected chi connectivity index (χ4v) is 1.88. The molecule has 0 amide bonds. The van der Waals surface area contributed by atoms with Crippen LogP contribution in [0, 0.1) is 5.92 Å². The number of esters is 1. The van der Waals surface area contributed by atoms with Crippen molar-refractivity contribution in [3.05, 3.63) is 11.7 Å². The Labute approximate surface area is 106 Å². The number of carbonyl (C=O) groups is 1. The lowest BCUT2D eigenvalue weighted by molar-refractivity contribution is -0.145. The van der Waals surface area contributed by atoms with Crippen LogP contribution >= 0.6 is 0 Å². The highest BCUT2D eigenvalue weighted by Crippen LogP contribution is 2.38. The predicted octanol–water partition coefficient (Wildman–Crippen LogP) is 1.19. The quantitative estimate of drug-likeness (QED) is 0.709. The first-order chi connectivity index (χ1) is 8.60. The lowest BCUT2D eigenvalue weighted by Gasteiger charge is -2.17. The molecule has 6 nitrogen and oxygen atoms in total. The summed E-state index contributed by atoms with van der Waals surface area (Å²) in [6, 6.07) is 0. The van der Waals surface area contributed by atoms with Gasteiger partial charge in [0.25, 0.3) is 0 Å². The molecule has 18 heavy (non-hydrogen) atoms. The summed E-state index contributed by atoms with van der Waals surface area (Å²) < 4.78 is 9.88. The van der Waals surface area contributed by atoms with Gasteiger partial charge in [-0.15, -0.1) is 0 Å². The molecule has 1 aliphatic rings. The van der Waals surface area contributed by atoms with Gasteiger partial charge in [0.05, 0.1) is 19.6 Å². The molecule has 1 aromatic rings. The van der Waals surface area contributed by atoms with Gasteiger partial charge in [-0.3, -0.25) is 9.69 Å². The van der Waals surface area contributed by atoms with E-state index >= 15 is 0 Å². The smallest absolute Gasteiger partial charge is 0.309 e. The van der Waals surface area contributed by atoms with E-state index in [1.807, 2.05) is 18.9 Å². The fourth-order valence-electron chi connectivity index (χ4n) is 1.88. The lowest BCUT2D eigenvalue weighted by Crippen LogP contribution is -2.29. The minimum absolute atomic E-state index is 0.161. The molecule has 1 aliphatic carbocycles. The number of methoxy groups -OCH3 is 1. The molecule has 6 heteroatoms. The summed E-state index contributed by atoms with van der Waals surface area (Å²) in [6.45, 7) is 3.00. The highest BCUT2D eigenvalue weighted by Gasteiger charge is 2.29. The maximum atomic E-state index is 11.3. The summed E-state index contributed by atoms with van der Waals surface area (Å²) in [6.07, 6.45) is 2.32. The van der Waals surface area contributed by atoms with Crippen molar-refractivity contribution in [1.29, 1.82) is 0 Å². The van der Waals surface area contributed by atoms with Gasteiger partial charge < -0.3 is 9.26 Å². The molecular weight excluding hydrogens is 234 g/mol. The van der Waals surface area contributed by atoms with E-state index in [4.69, 9.17) is 4.52 Å². The van der Waals surface area contributed by atoms with E-state index in [0.717, 1.165) is 18.7 Å². The summed E-state index contributed by atoms with van der Waals surface area (Å²) in [7, 11) is 3.32. The van der Waals surface area contributed by atoms with Crippen molar-refractivity contribution in [2.75, 3.05) is 20.7 Å². The third-order valence-electron chi connectivity index (χ3n) is 3.02. The summed E-state index contributed by atoms with van der Waals surface area (Å²) in [5.74, 6) is 1.56. The normalized spacial score (nSPS) is 16.9. The Hall–Kier alpha value is -1.43. The topological polar surface area (TPSA) is 68.5 Å². The van der Waals surface area contributed by atoms with Gasteiger partial charge in [0.2, 0.25) is 5.89 Å². The van der Waals surface area contributed by atoms with E-state index in [1.54, 1.807) is 0 Å². The van der Waals surface area contributed by atoms with Gasteiger partial charge >= 0.3 is 5.97 Å². The number of carbonyl (C=O) groups excluding carboxylic acids is 1. The fraction of sp³-hybridized carbons (Fsp3) is 0.750. The zero-order chi connectivity index (χ0) is 13.1. The first-order valence-electron chi connectivity index (χ1n) is 6.19. The lowest BCUT2D eigenvalue weighted by atomic mass is 10.2. The third-order valence-corrected chi connectivity index (χ3v) is 3.02. The first-order valence-corrected chi connectivity index (χ1v) is 6.19. The number of rotatable bonds is 6. The summed E-state index contributed by atoms with van der Waals surface area (Å²) >= 11 is 0. The molecule has 1 heterocycles. The van der Waals surface area contributed by atoms with Crippen LogP contribution in [0.15, 0.2) is 4.52 Å². The van der Waals surface area contributed by atoms with Crippen LogP contribution in [-0.2, 0) is 16.1 Å². The Kier molecular flexibility index (Phi) is 3.96.